The third kappa shape index (κ3) is 2.58. The molecule has 0 saturated carbocycles. The first-order valence-corrected chi connectivity index (χ1v) is 5.61. The molecule has 0 spiro atoms. The van der Waals surface area contributed by atoms with E-state index in [9.17, 15) is 15.3 Å². The molecule has 1 saturated heterocycles. The second kappa shape index (κ2) is 5.01. The molecule has 4 N–H and O–H groups in total. The second-order valence-corrected chi connectivity index (χ2v) is 4.24. The Morgan fingerprint density at radius 2 is 1.65 bits per heavy atom. The summed E-state index contributed by atoms with van der Waals surface area (Å²) in [5.41, 5.74) is 0.785. The van der Waals surface area contributed by atoms with Gasteiger partial charge in [-0.2, -0.15) is 0 Å². The zero-order valence-corrected chi connectivity index (χ0v) is 9.52. The molecule has 1 aliphatic heterocycles. The predicted molar refractivity (Wildman–Crippen MR) is 62.4 cm³/mol. The number of para-hydroxylation sites is 1. The number of aliphatic hydroxyl groups is 3. The van der Waals surface area contributed by atoms with E-state index in [-0.39, 0.29) is 0 Å². The van der Waals surface area contributed by atoms with E-state index in [1.54, 1.807) is 6.92 Å². The second-order valence-electron chi connectivity index (χ2n) is 4.24. The van der Waals surface area contributed by atoms with Gasteiger partial charge in [0.05, 0.1) is 6.10 Å². The van der Waals surface area contributed by atoms with Gasteiger partial charge in [-0.05, 0) is 19.1 Å². The van der Waals surface area contributed by atoms with Crippen LogP contribution in [0.25, 0.3) is 0 Å². The van der Waals surface area contributed by atoms with Gasteiger partial charge in [0.25, 0.3) is 0 Å². The highest BCUT2D eigenvalue weighted by Gasteiger charge is 2.41. The van der Waals surface area contributed by atoms with E-state index in [0.717, 1.165) is 5.69 Å². The summed E-state index contributed by atoms with van der Waals surface area (Å²) in [6, 6.07) is 9.25. The summed E-state index contributed by atoms with van der Waals surface area (Å²) >= 11 is 0. The molecule has 94 valence electrons. The summed E-state index contributed by atoms with van der Waals surface area (Å²) in [5, 5.41) is 31.9. The molecule has 1 aromatic carbocycles. The molecule has 17 heavy (non-hydrogen) atoms. The van der Waals surface area contributed by atoms with Crippen molar-refractivity contribution >= 4 is 5.69 Å². The first-order valence-electron chi connectivity index (χ1n) is 5.61. The van der Waals surface area contributed by atoms with E-state index < -0.39 is 30.6 Å². The van der Waals surface area contributed by atoms with E-state index in [4.69, 9.17) is 4.74 Å². The van der Waals surface area contributed by atoms with Gasteiger partial charge in [-0.15, -0.1) is 0 Å². The van der Waals surface area contributed by atoms with Gasteiger partial charge in [0.2, 0.25) is 0 Å². The van der Waals surface area contributed by atoms with Gasteiger partial charge >= 0.3 is 0 Å². The van der Waals surface area contributed by atoms with Crippen LogP contribution >= 0.6 is 0 Å². The summed E-state index contributed by atoms with van der Waals surface area (Å²) < 4.78 is 5.41. The van der Waals surface area contributed by atoms with Gasteiger partial charge in [-0.3, -0.25) is 0 Å². The van der Waals surface area contributed by atoms with Gasteiger partial charge in [0.15, 0.2) is 6.23 Å². The molecule has 5 atom stereocenters. The minimum atomic E-state index is -1.21. The topological polar surface area (TPSA) is 82.0 Å². The maximum atomic E-state index is 9.79. The molecule has 1 aliphatic rings. The lowest BCUT2D eigenvalue weighted by Crippen LogP contribution is -2.58. The van der Waals surface area contributed by atoms with Gasteiger partial charge in [0, 0.05) is 5.69 Å². The Kier molecular flexibility index (Phi) is 3.63. The number of aliphatic hydroxyl groups excluding tert-OH is 3. The molecule has 5 heteroatoms. The Morgan fingerprint density at radius 1 is 1.00 bits per heavy atom. The molecule has 0 aliphatic carbocycles. The lowest BCUT2D eigenvalue weighted by molar-refractivity contribution is -0.209. The summed E-state index contributed by atoms with van der Waals surface area (Å²) in [6.07, 6.45) is -4.71. The van der Waals surface area contributed by atoms with Crippen molar-refractivity contribution in [2.45, 2.75) is 37.6 Å². The average Bonchev–Trinajstić information content (AvgIpc) is 2.35. The van der Waals surface area contributed by atoms with Crippen LogP contribution in [-0.2, 0) is 4.74 Å². The highest BCUT2D eigenvalue weighted by Crippen LogP contribution is 2.22. The lowest BCUT2D eigenvalue weighted by atomic mass is 9.99. The van der Waals surface area contributed by atoms with Crippen molar-refractivity contribution in [2.24, 2.45) is 0 Å². The quantitative estimate of drug-likeness (QED) is 0.580. The van der Waals surface area contributed by atoms with Crippen molar-refractivity contribution in [3.05, 3.63) is 30.3 Å². The smallest absolute Gasteiger partial charge is 0.157 e. The number of nitrogens with one attached hydrogen (secondary N) is 1. The summed E-state index contributed by atoms with van der Waals surface area (Å²) in [7, 11) is 0. The van der Waals surface area contributed by atoms with Crippen LogP contribution in [0.2, 0.25) is 0 Å². The Balaban J connectivity index is 2.06. The van der Waals surface area contributed by atoms with Crippen molar-refractivity contribution in [3.63, 3.8) is 0 Å². The third-order valence-electron chi connectivity index (χ3n) is 2.93. The standard InChI is InChI=1S/C12H17NO4/c1-7-9(14)10(15)11(16)12(17-7)13-8-5-3-2-4-6-8/h2-7,9-16H,1H3/t7-,9-,10+,11+,12+/m1/s1. The van der Waals surface area contributed by atoms with Crippen LogP contribution in [0.4, 0.5) is 5.69 Å². The van der Waals surface area contributed by atoms with E-state index >= 15 is 0 Å². The zero-order chi connectivity index (χ0) is 12.4. The van der Waals surface area contributed by atoms with Crippen LogP contribution < -0.4 is 5.32 Å². The summed E-state index contributed by atoms with van der Waals surface area (Å²) in [6.45, 7) is 1.65. The maximum Gasteiger partial charge on any atom is 0.157 e. The Hall–Kier alpha value is -1.14. The molecule has 1 heterocycles. The summed E-state index contributed by atoms with van der Waals surface area (Å²) in [5.74, 6) is 0. The number of ether oxygens (including phenoxy) is 1. The van der Waals surface area contributed by atoms with Crippen LogP contribution in [0, 0.1) is 0 Å². The molecule has 1 fully saturated rings. The molecule has 1 aromatic rings. The monoisotopic (exact) mass is 239 g/mol. The molecule has 2 rings (SSSR count). The molecule has 0 unspecified atom stereocenters. The van der Waals surface area contributed by atoms with Crippen LogP contribution in [-0.4, -0.2) is 46.0 Å². The molecular weight excluding hydrogens is 222 g/mol. The van der Waals surface area contributed by atoms with Crippen molar-refractivity contribution in [2.75, 3.05) is 5.32 Å². The van der Waals surface area contributed by atoms with Crippen LogP contribution in [0.5, 0.6) is 0 Å². The Bertz CT molecular complexity index is 359. The normalized spacial score (nSPS) is 37.8. The number of hydrogen-bond acceptors (Lipinski definition) is 5. The van der Waals surface area contributed by atoms with E-state index in [1.807, 2.05) is 30.3 Å². The predicted octanol–water partition coefficient (Wildman–Crippen LogP) is -0.0740. The number of rotatable bonds is 2. The average molecular weight is 239 g/mol. The van der Waals surface area contributed by atoms with Crippen LogP contribution in [0.1, 0.15) is 6.92 Å². The van der Waals surface area contributed by atoms with Gasteiger partial charge < -0.3 is 25.4 Å². The molecular formula is C12H17NO4. The summed E-state index contributed by atoms with van der Waals surface area (Å²) in [4.78, 5) is 0. The number of anilines is 1. The van der Waals surface area contributed by atoms with Crippen molar-refractivity contribution < 1.29 is 20.1 Å². The van der Waals surface area contributed by atoms with Gasteiger partial charge in [-0.1, -0.05) is 18.2 Å². The number of hydrogen-bond donors (Lipinski definition) is 4. The first-order chi connectivity index (χ1) is 8.09. The lowest BCUT2D eigenvalue weighted by Gasteiger charge is -2.39. The molecule has 0 bridgehead atoms. The highest BCUT2D eigenvalue weighted by molar-refractivity contribution is 5.43. The van der Waals surface area contributed by atoms with Crippen LogP contribution in [0.15, 0.2) is 30.3 Å². The van der Waals surface area contributed by atoms with Crippen molar-refractivity contribution in [3.8, 4) is 0 Å². The molecule has 0 aromatic heterocycles. The van der Waals surface area contributed by atoms with Crippen molar-refractivity contribution in [1.29, 1.82) is 0 Å². The van der Waals surface area contributed by atoms with Gasteiger partial charge in [-0.25, -0.2) is 0 Å². The van der Waals surface area contributed by atoms with Gasteiger partial charge in [0.1, 0.15) is 18.3 Å². The van der Waals surface area contributed by atoms with E-state index in [0.29, 0.717) is 0 Å². The van der Waals surface area contributed by atoms with E-state index in [2.05, 4.69) is 5.32 Å². The van der Waals surface area contributed by atoms with Crippen molar-refractivity contribution in [1.82, 2.24) is 0 Å². The Morgan fingerprint density at radius 3 is 2.29 bits per heavy atom. The fourth-order valence-electron chi connectivity index (χ4n) is 1.87. The van der Waals surface area contributed by atoms with E-state index in [1.165, 1.54) is 0 Å². The maximum absolute atomic E-state index is 9.79. The molecule has 0 radical (unpaired) electrons. The fourth-order valence-corrected chi connectivity index (χ4v) is 1.87. The first kappa shape index (κ1) is 12.3. The SMILES string of the molecule is C[C@H]1O[C@H](Nc2ccccc2)[C@@H](O)[C@@H](O)[C@@H]1O. The third-order valence-corrected chi connectivity index (χ3v) is 2.93. The highest BCUT2D eigenvalue weighted by atomic mass is 16.5. The molecule has 0 amide bonds. The minimum Gasteiger partial charge on any atom is -0.388 e. The number of benzene rings is 1. The Labute approximate surface area is 99.7 Å². The van der Waals surface area contributed by atoms with Crippen LogP contribution in [0.3, 0.4) is 0 Å². The zero-order valence-electron chi connectivity index (χ0n) is 9.52. The molecule has 5 nitrogen and oxygen atoms in total. The largest absolute Gasteiger partial charge is 0.388 e. The fraction of sp³-hybridized carbons (Fsp3) is 0.500. The minimum absolute atomic E-state index is 0.533.